The van der Waals surface area contributed by atoms with Crippen molar-refractivity contribution in [3.63, 3.8) is 0 Å². The van der Waals surface area contributed by atoms with Gasteiger partial charge in [0.1, 0.15) is 12.4 Å². The van der Waals surface area contributed by atoms with Crippen molar-refractivity contribution in [1.82, 2.24) is 9.88 Å². The summed E-state index contributed by atoms with van der Waals surface area (Å²) in [7, 11) is 0. The fourth-order valence-electron chi connectivity index (χ4n) is 6.78. The maximum atomic E-state index is 11.3. The number of nitrogens with zero attached hydrogens (tertiary/aromatic N) is 1. The van der Waals surface area contributed by atoms with Crippen molar-refractivity contribution in [2.45, 2.75) is 90.7 Å². The monoisotopic (exact) mass is 609 g/mol. The molecule has 0 saturated heterocycles. The van der Waals surface area contributed by atoms with Gasteiger partial charge >= 0.3 is 0 Å². The third-order valence-electron chi connectivity index (χ3n) is 9.58. The summed E-state index contributed by atoms with van der Waals surface area (Å²) < 4.78 is 15.0. The van der Waals surface area contributed by atoms with E-state index in [1.807, 2.05) is 24.3 Å². The third kappa shape index (κ3) is 7.41. The van der Waals surface area contributed by atoms with E-state index in [4.69, 9.17) is 15.2 Å². The summed E-state index contributed by atoms with van der Waals surface area (Å²) in [6, 6.07) is 11.6. The fraction of sp³-hybridized carbons (Fsp3) is 0.474. The van der Waals surface area contributed by atoms with E-state index in [0.29, 0.717) is 50.1 Å². The van der Waals surface area contributed by atoms with Gasteiger partial charge in [0.05, 0.1) is 25.0 Å². The summed E-state index contributed by atoms with van der Waals surface area (Å²) in [5.41, 5.74) is 10.4. The molecule has 0 spiro atoms. The SMILES string of the molecule is CC(C)CC[C@H]1CC[C@H]2C[C@H](O)CCc3ccc(O)c(c3)OCc3cccc4cn(cc34)C3=C(CO2)C(=CC(N)N3)C#C[C@H]1C. The molecule has 5 N–H and O–H groups in total. The number of phenolic OH excluding ortho intramolecular Hbond substituents is 1. The standard InChI is InChI=1S/C38H47N3O4/c1-24(2)7-11-27-13-15-32-19-31(42)14-9-26-10-16-35(43)36(17-26)45-22-30-6-4-5-29-20-41(21-33(29)30)38-34(23-44-32)28(12-8-25(27)3)18-37(39)40-38/h4-6,10,16-18,20-21,24-25,27,31-32,37,40,42-43H,7,9,11,13-15,19,22-23,39H2,1-3H3/t25-,27+,31-,32+,37?/m1/s1. The fourth-order valence-corrected chi connectivity index (χ4v) is 6.78. The molecule has 4 heterocycles. The Morgan fingerprint density at radius 3 is 2.82 bits per heavy atom. The van der Waals surface area contributed by atoms with Gasteiger partial charge in [0, 0.05) is 40.2 Å². The highest BCUT2D eigenvalue weighted by Gasteiger charge is 2.26. The summed E-state index contributed by atoms with van der Waals surface area (Å²) in [6.07, 6.45) is 11.2. The van der Waals surface area contributed by atoms with Crippen LogP contribution in [0.15, 0.2) is 66.0 Å². The second-order valence-corrected chi connectivity index (χ2v) is 13.5. The van der Waals surface area contributed by atoms with Crippen LogP contribution >= 0.6 is 0 Å². The molecule has 0 amide bonds. The highest BCUT2D eigenvalue weighted by molar-refractivity contribution is 5.87. The van der Waals surface area contributed by atoms with E-state index in [2.05, 4.69) is 67.0 Å². The van der Waals surface area contributed by atoms with Crippen LogP contribution in [0.25, 0.3) is 16.6 Å². The minimum absolute atomic E-state index is 0.106. The van der Waals surface area contributed by atoms with Crippen molar-refractivity contribution in [3.8, 4) is 23.3 Å². The molecule has 5 atom stereocenters. The van der Waals surface area contributed by atoms with Crippen molar-refractivity contribution in [1.29, 1.82) is 0 Å². The molecule has 0 radical (unpaired) electrons. The van der Waals surface area contributed by atoms with Gasteiger partial charge in [0.15, 0.2) is 11.5 Å². The van der Waals surface area contributed by atoms with Crippen LogP contribution in [0.2, 0.25) is 0 Å². The topological polar surface area (TPSA) is 102 Å². The van der Waals surface area contributed by atoms with E-state index in [0.717, 1.165) is 58.1 Å². The van der Waals surface area contributed by atoms with Gasteiger partial charge < -0.3 is 35.3 Å². The zero-order valence-electron chi connectivity index (χ0n) is 26.8. The molecule has 0 saturated carbocycles. The number of phenols is 1. The van der Waals surface area contributed by atoms with Gasteiger partial charge in [-0.1, -0.05) is 63.3 Å². The molecule has 0 fully saturated rings. The summed E-state index contributed by atoms with van der Waals surface area (Å²) in [5, 5.41) is 27.4. The van der Waals surface area contributed by atoms with Crippen LogP contribution in [0.5, 0.6) is 11.5 Å². The van der Waals surface area contributed by atoms with Gasteiger partial charge in [-0.15, -0.1) is 0 Å². The molecule has 6 bridgehead atoms. The number of aliphatic hydroxyl groups is 1. The first-order chi connectivity index (χ1) is 21.7. The molecule has 7 nitrogen and oxygen atoms in total. The number of benzene rings is 2. The molecule has 3 aliphatic heterocycles. The maximum Gasteiger partial charge on any atom is 0.161 e. The number of dihydropyridines is 1. The number of aliphatic hydroxyl groups excluding tert-OH is 1. The Morgan fingerprint density at radius 2 is 1.98 bits per heavy atom. The van der Waals surface area contributed by atoms with Crippen LogP contribution < -0.4 is 15.8 Å². The van der Waals surface area contributed by atoms with Gasteiger partial charge in [-0.25, -0.2) is 0 Å². The van der Waals surface area contributed by atoms with Crippen LogP contribution in [0.4, 0.5) is 0 Å². The van der Waals surface area contributed by atoms with Crippen molar-refractivity contribution in [2.24, 2.45) is 23.5 Å². The van der Waals surface area contributed by atoms with E-state index in [-0.39, 0.29) is 17.8 Å². The van der Waals surface area contributed by atoms with Gasteiger partial charge in [0.25, 0.3) is 0 Å². The predicted octanol–water partition coefficient (Wildman–Crippen LogP) is 6.48. The molecule has 1 aromatic heterocycles. The van der Waals surface area contributed by atoms with E-state index < -0.39 is 12.3 Å². The van der Waals surface area contributed by atoms with E-state index in [1.165, 1.54) is 6.42 Å². The molecule has 7 heteroatoms. The van der Waals surface area contributed by atoms with E-state index in [9.17, 15) is 10.2 Å². The van der Waals surface area contributed by atoms with Gasteiger partial charge in [-0.05, 0) is 79.7 Å². The van der Waals surface area contributed by atoms with E-state index >= 15 is 0 Å². The number of hydrogen-bond donors (Lipinski definition) is 4. The van der Waals surface area contributed by atoms with Crippen molar-refractivity contribution < 1.29 is 19.7 Å². The maximum absolute atomic E-state index is 11.3. The molecule has 0 aliphatic carbocycles. The first-order valence-corrected chi connectivity index (χ1v) is 16.6. The number of ether oxygens (including phenoxy) is 2. The quantitative estimate of drug-likeness (QED) is 0.254. The largest absolute Gasteiger partial charge is 0.504 e. The second-order valence-electron chi connectivity index (χ2n) is 13.5. The number of aromatic nitrogens is 1. The minimum atomic E-state index is -0.523. The van der Waals surface area contributed by atoms with Crippen LogP contribution in [0.3, 0.4) is 0 Å². The molecular weight excluding hydrogens is 562 g/mol. The summed E-state index contributed by atoms with van der Waals surface area (Å²) in [4.78, 5) is 0. The zero-order chi connectivity index (χ0) is 31.5. The highest BCUT2D eigenvalue weighted by atomic mass is 16.5. The van der Waals surface area contributed by atoms with E-state index in [1.54, 1.807) is 6.07 Å². The van der Waals surface area contributed by atoms with Crippen LogP contribution in [-0.2, 0) is 17.8 Å². The summed E-state index contributed by atoms with van der Waals surface area (Å²) >= 11 is 0. The first kappa shape index (κ1) is 31.3. The molecule has 3 aliphatic rings. The first-order valence-electron chi connectivity index (χ1n) is 16.6. The van der Waals surface area contributed by atoms with Crippen molar-refractivity contribution >= 4 is 16.6 Å². The summed E-state index contributed by atoms with van der Waals surface area (Å²) in [5.74, 6) is 9.86. The lowest BCUT2D eigenvalue weighted by atomic mass is 9.83. The number of aromatic hydroxyl groups is 1. The number of nitrogens with one attached hydrogen (secondary N) is 1. The average Bonchev–Trinajstić information content (AvgIpc) is 3.45. The van der Waals surface area contributed by atoms with Gasteiger partial charge in [0.2, 0.25) is 0 Å². The lowest BCUT2D eigenvalue weighted by Gasteiger charge is -2.28. The molecule has 238 valence electrons. The number of aryl methyl sites for hydroxylation is 1. The molecule has 3 aromatic rings. The number of fused-ring (bicyclic) bond motifs is 6. The molecule has 6 rings (SSSR count). The number of hydrogen-bond acceptors (Lipinski definition) is 6. The van der Waals surface area contributed by atoms with Crippen LogP contribution in [0.1, 0.15) is 70.4 Å². The van der Waals surface area contributed by atoms with Gasteiger partial charge in [-0.2, -0.15) is 0 Å². The Balaban J connectivity index is 1.45. The average molecular weight is 610 g/mol. The molecule has 1 unspecified atom stereocenters. The van der Waals surface area contributed by atoms with Crippen molar-refractivity contribution in [2.75, 3.05) is 6.61 Å². The Morgan fingerprint density at radius 1 is 1.11 bits per heavy atom. The molecule has 2 aromatic carbocycles. The van der Waals surface area contributed by atoms with Gasteiger partial charge in [-0.3, -0.25) is 0 Å². The molecular formula is C38H47N3O4. The Hall–Kier alpha value is -3.70. The number of rotatable bonds is 3. The molecule has 45 heavy (non-hydrogen) atoms. The third-order valence-corrected chi connectivity index (χ3v) is 9.58. The Bertz CT molecular complexity index is 1640. The smallest absolute Gasteiger partial charge is 0.161 e. The Labute approximate surface area is 267 Å². The van der Waals surface area contributed by atoms with Crippen LogP contribution in [0, 0.1) is 29.6 Å². The van der Waals surface area contributed by atoms with Crippen LogP contribution in [-0.4, -0.2) is 39.8 Å². The zero-order valence-corrected chi connectivity index (χ0v) is 26.8. The lowest BCUT2D eigenvalue weighted by molar-refractivity contribution is 0.0139. The summed E-state index contributed by atoms with van der Waals surface area (Å²) in [6.45, 7) is 7.48. The normalized spacial score (nSPS) is 25.8. The number of nitrogens with two attached hydrogens (primary N) is 1. The minimum Gasteiger partial charge on any atom is -0.504 e. The predicted molar refractivity (Wildman–Crippen MR) is 179 cm³/mol. The lowest BCUT2D eigenvalue weighted by Crippen LogP contribution is -2.40. The highest BCUT2D eigenvalue weighted by Crippen LogP contribution is 2.33. The second kappa shape index (κ2) is 13.7. The Kier molecular flexibility index (Phi) is 9.56. The van der Waals surface area contributed by atoms with Crippen molar-refractivity contribution in [3.05, 3.63) is 77.1 Å².